The molecule has 1 fully saturated rings. The van der Waals surface area contributed by atoms with Gasteiger partial charge in [-0.3, -0.25) is 9.80 Å². The van der Waals surface area contributed by atoms with Crippen molar-refractivity contribution in [3.05, 3.63) is 35.4 Å². The highest BCUT2D eigenvalue weighted by Gasteiger charge is 2.33. The molecule has 23 heavy (non-hydrogen) atoms. The van der Waals surface area contributed by atoms with Gasteiger partial charge in [0.25, 0.3) is 0 Å². The lowest BCUT2D eigenvalue weighted by Crippen LogP contribution is -2.53. The molecule has 126 valence electrons. The van der Waals surface area contributed by atoms with E-state index in [-0.39, 0.29) is 0 Å². The number of rotatable bonds is 4. The molecule has 0 N–H and O–H groups in total. The number of halogens is 3. The first-order valence-corrected chi connectivity index (χ1v) is 7.95. The quantitative estimate of drug-likeness (QED) is 0.846. The standard InChI is InChI=1S/C17H22F3N3/c1-3-15-12-23(9-8-22(15)4-2)16(11-21)13-6-5-7-14(10-13)17(18,19)20/h5-7,10,15-16H,3-4,8-9,12H2,1-2H3. The predicted octanol–water partition coefficient (Wildman–Crippen LogP) is 3.69. The first-order chi connectivity index (χ1) is 10.9. The van der Waals surface area contributed by atoms with Crippen LogP contribution < -0.4 is 0 Å². The fourth-order valence-electron chi connectivity index (χ4n) is 3.21. The molecule has 0 saturated carbocycles. The number of hydrogen-bond acceptors (Lipinski definition) is 3. The maximum absolute atomic E-state index is 12.9. The largest absolute Gasteiger partial charge is 0.416 e. The fraction of sp³-hybridized carbons (Fsp3) is 0.588. The van der Waals surface area contributed by atoms with Gasteiger partial charge in [0.15, 0.2) is 0 Å². The van der Waals surface area contributed by atoms with Crippen molar-refractivity contribution in [3.63, 3.8) is 0 Å². The van der Waals surface area contributed by atoms with E-state index in [1.54, 1.807) is 6.07 Å². The molecule has 0 bridgehead atoms. The molecule has 1 aromatic rings. The second-order valence-corrected chi connectivity index (χ2v) is 5.84. The van der Waals surface area contributed by atoms with Gasteiger partial charge < -0.3 is 0 Å². The van der Waals surface area contributed by atoms with Crippen molar-refractivity contribution in [3.8, 4) is 6.07 Å². The second kappa shape index (κ2) is 7.33. The van der Waals surface area contributed by atoms with E-state index < -0.39 is 17.8 Å². The van der Waals surface area contributed by atoms with Crippen LogP contribution in [-0.4, -0.2) is 42.0 Å². The van der Waals surface area contributed by atoms with E-state index in [4.69, 9.17) is 0 Å². The minimum Gasteiger partial charge on any atom is -0.298 e. The van der Waals surface area contributed by atoms with Crippen LogP contribution in [0.4, 0.5) is 13.2 Å². The molecule has 2 unspecified atom stereocenters. The first-order valence-electron chi connectivity index (χ1n) is 7.95. The van der Waals surface area contributed by atoms with Crippen LogP contribution in [0.2, 0.25) is 0 Å². The zero-order valence-corrected chi connectivity index (χ0v) is 13.5. The van der Waals surface area contributed by atoms with Gasteiger partial charge in [-0.15, -0.1) is 0 Å². The Bertz CT molecular complexity index is 565. The summed E-state index contributed by atoms with van der Waals surface area (Å²) in [6.45, 7) is 7.40. The van der Waals surface area contributed by atoms with Crippen molar-refractivity contribution in [1.82, 2.24) is 9.80 Å². The monoisotopic (exact) mass is 325 g/mol. The number of piperazine rings is 1. The summed E-state index contributed by atoms with van der Waals surface area (Å²) in [5.41, 5.74) is -0.281. The molecule has 0 aromatic heterocycles. The summed E-state index contributed by atoms with van der Waals surface area (Å²) >= 11 is 0. The first kappa shape index (κ1) is 17.8. The molecule has 0 aliphatic carbocycles. The average Bonchev–Trinajstić information content (AvgIpc) is 2.55. The van der Waals surface area contributed by atoms with Crippen molar-refractivity contribution >= 4 is 0 Å². The molecule has 0 radical (unpaired) electrons. The van der Waals surface area contributed by atoms with Crippen molar-refractivity contribution in [2.45, 2.75) is 38.5 Å². The van der Waals surface area contributed by atoms with Gasteiger partial charge in [0.05, 0.1) is 11.6 Å². The molecule has 3 nitrogen and oxygen atoms in total. The van der Waals surface area contributed by atoms with Gasteiger partial charge in [0, 0.05) is 25.7 Å². The Kier molecular flexibility index (Phi) is 5.66. The summed E-state index contributed by atoms with van der Waals surface area (Å²) in [6.07, 6.45) is -3.42. The third-order valence-corrected chi connectivity index (χ3v) is 4.53. The Balaban J connectivity index is 2.22. The summed E-state index contributed by atoms with van der Waals surface area (Å²) < 4.78 is 38.7. The molecule has 1 aliphatic rings. The number of hydrogen-bond donors (Lipinski definition) is 0. The molecule has 1 aliphatic heterocycles. The number of benzene rings is 1. The smallest absolute Gasteiger partial charge is 0.298 e. The Morgan fingerprint density at radius 2 is 2.04 bits per heavy atom. The van der Waals surface area contributed by atoms with E-state index in [2.05, 4.69) is 24.8 Å². The van der Waals surface area contributed by atoms with E-state index in [9.17, 15) is 18.4 Å². The zero-order chi connectivity index (χ0) is 17.0. The minimum atomic E-state index is -4.39. The van der Waals surface area contributed by atoms with Gasteiger partial charge in [-0.2, -0.15) is 18.4 Å². The second-order valence-electron chi connectivity index (χ2n) is 5.84. The van der Waals surface area contributed by atoms with Gasteiger partial charge in [-0.25, -0.2) is 0 Å². The zero-order valence-electron chi connectivity index (χ0n) is 13.5. The van der Waals surface area contributed by atoms with Crippen LogP contribution >= 0.6 is 0 Å². The van der Waals surface area contributed by atoms with Crippen LogP contribution in [0.25, 0.3) is 0 Å². The van der Waals surface area contributed by atoms with E-state index in [1.807, 2.05) is 4.90 Å². The summed E-state index contributed by atoms with van der Waals surface area (Å²) in [4.78, 5) is 4.35. The highest BCUT2D eigenvalue weighted by Crippen LogP contribution is 2.32. The van der Waals surface area contributed by atoms with Gasteiger partial charge in [-0.1, -0.05) is 26.0 Å². The molecular weight excluding hydrogens is 303 g/mol. The fourth-order valence-corrected chi connectivity index (χ4v) is 3.21. The van der Waals surface area contributed by atoms with Gasteiger partial charge >= 0.3 is 6.18 Å². The van der Waals surface area contributed by atoms with Gasteiger partial charge in [-0.05, 0) is 30.7 Å². The van der Waals surface area contributed by atoms with E-state index in [0.29, 0.717) is 24.7 Å². The molecule has 1 heterocycles. The lowest BCUT2D eigenvalue weighted by Gasteiger charge is -2.42. The van der Waals surface area contributed by atoms with E-state index in [1.165, 1.54) is 6.07 Å². The Morgan fingerprint density at radius 3 is 2.61 bits per heavy atom. The van der Waals surface area contributed by atoms with Crippen molar-refractivity contribution in [2.75, 3.05) is 26.2 Å². The maximum Gasteiger partial charge on any atom is 0.416 e. The molecule has 2 rings (SSSR count). The molecule has 1 aromatic carbocycles. The lowest BCUT2D eigenvalue weighted by atomic mass is 10.0. The predicted molar refractivity (Wildman–Crippen MR) is 82.7 cm³/mol. The molecule has 2 atom stereocenters. The topological polar surface area (TPSA) is 30.3 Å². The van der Waals surface area contributed by atoms with E-state index >= 15 is 0 Å². The molecule has 6 heteroatoms. The third-order valence-electron chi connectivity index (χ3n) is 4.53. The summed E-state index contributed by atoms with van der Waals surface area (Å²) in [5, 5.41) is 9.52. The van der Waals surface area contributed by atoms with Gasteiger partial charge in [0.2, 0.25) is 0 Å². The van der Waals surface area contributed by atoms with Crippen molar-refractivity contribution in [1.29, 1.82) is 5.26 Å². The molecular formula is C17H22F3N3. The van der Waals surface area contributed by atoms with E-state index in [0.717, 1.165) is 31.6 Å². The van der Waals surface area contributed by atoms with Crippen LogP contribution in [0.1, 0.15) is 37.4 Å². The number of alkyl halides is 3. The van der Waals surface area contributed by atoms with Crippen LogP contribution in [-0.2, 0) is 6.18 Å². The SMILES string of the molecule is CCC1CN(C(C#N)c2cccc(C(F)(F)F)c2)CCN1CC. The van der Waals surface area contributed by atoms with Gasteiger partial charge in [0.1, 0.15) is 6.04 Å². The Labute approximate surface area is 135 Å². The average molecular weight is 325 g/mol. The lowest BCUT2D eigenvalue weighted by molar-refractivity contribution is -0.137. The summed E-state index contributed by atoms with van der Waals surface area (Å²) in [6, 6.07) is 7.02. The van der Waals surface area contributed by atoms with Crippen LogP contribution in [0, 0.1) is 11.3 Å². The van der Waals surface area contributed by atoms with Crippen LogP contribution in [0.3, 0.4) is 0 Å². The minimum absolute atomic E-state index is 0.343. The Hall–Kier alpha value is -1.58. The highest BCUT2D eigenvalue weighted by atomic mass is 19.4. The Morgan fingerprint density at radius 1 is 1.30 bits per heavy atom. The molecule has 1 saturated heterocycles. The highest BCUT2D eigenvalue weighted by molar-refractivity contribution is 5.31. The number of likely N-dealkylation sites (N-methyl/N-ethyl adjacent to an activating group) is 1. The van der Waals surface area contributed by atoms with Crippen molar-refractivity contribution < 1.29 is 13.2 Å². The molecule has 0 spiro atoms. The molecule has 0 amide bonds. The normalized spacial score (nSPS) is 21.8. The van der Waals surface area contributed by atoms with Crippen molar-refractivity contribution in [2.24, 2.45) is 0 Å². The summed E-state index contributed by atoms with van der Waals surface area (Å²) in [5.74, 6) is 0. The van der Waals surface area contributed by atoms with Crippen LogP contribution in [0.15, 0.2) is 24.3 Å². The third kappa shape index (κ3) is 4.04. The maximum atomic E-state index is 12.9. The summed E-state index contributed by atoms with van der Waals surface area (Å²) in [7, 11) is 0. The number of nitriles is 1. The number of nitrogens with zero attached hydrogens (tertiary/aromatic N) is 3. The van der Waals surface area contributed by atoms with Crippen LogP contribution in [0.5, 0.6) is 0 Å².